The minimum absolute atomic E-state index is 0.236. The number of esters is 1. The van der Waals surface area contributed by atoms with Gasteiger partial charge in [-0.25, -0.2) is 4.79 Å². The first kappa shape index (κ1) is 21.8. The molecule has 1 N–H and O–H groups in total. The average molecular weight is 384 g/mol. The number of hydrogen-bond acceptors (Lipinski definition) is 5. The van der Waals surface area contributed by atoms with Gasteiger partial charge in [-0.15, -0.1) is 0 Å². The average Bonchev–Trinajstić information content (AvgIpc) is 2.73. The molecule has 0 aliphatic carbocycles. The Bertz CT molecular complexity index is 744. The molecule has 0 bridgehead atoms. The zero-order valence-corrected chi connectivity index (χ0v) is 16.6. The van der Waals surface area contributed by atoms with E-state index < -0.39 is 24.1 Å². The van der Waals surface area contributed by atoms with Gasteiger partial charge in [0.15, 0.2) is 11.9 Å². The van der Waals surface area contributed by atoms with Gasteiger partial charge in [-0.3, -0.25) is 4.79 Å². The maximum atomic E-state index is 12.6. The van der Waals surface area contributed by atoms with Crippen LogP contribution in [-0.2, 0) is 20.9 Å². The van der Waals surface area contributed by atoms with Crippen molar-refractivity contribution in [2.75, 3.05) is 6.61 Å². The molecule has 4 atom stereocenters. The van der Waals surface area contributed by atoms with Crippen LogP contribution in [0.3, 0.4) is 0 Å². The zero-order valence-electron chi connectivity index (χ0n) is 16.6. The van der Waals surface area contributed by atoms with Crippen LogP contribution >= 0.6 is 0 Å². The van der Waals surface area contributed by atoms with Crippen molar-refractivity contribution in [1.29, 1.82) is 0 Å². The van der Waals surface area contributed by atoms with Crippen LogP contribution in [0, 0.1) is 11.8 Å². The quantitative estimate of drug-likeness (QED) is 0.633. The summed E-state index contributed by atoms with van der Waals surface area (Å²) in [5, 5.41) is 10.5. The number of ketones is 1. The minimum atomic E-state index is -0.935. The maximum Gasteiger partial charge on any atom is 0.338 e. The summed E-state index contributed by atoms with van der Waals surface area (Å²) in [7, 11) is 0. The van der Waals surface area contributed by atoms with Gasteiger partial charge in [0.25, 0.3) is 0 Å². The lowest BCUT2D eigenvalue weighted by molar-refractivity contribution is -0.135. The molecule has 2 rings (SSSR count). The molecular formula is C23H28O5. The first-order valence-corrected chi connectivity index (χ1v) is 9.49. The summed E-state index contributed by atoms with van der Waals surface area (Å²) in [4.78, 5) is 24.7. The van der Waals surface area contributed by atoms with E-state index in [1.165, 1.54) is 6.92 Å². The summed E-state index contributed by atoms with van der Waals surface area (Å²) < 4.78 is 10.9. The van der Waals surface area contributed by atoms with Crippen LogP contribution in [0.25, 0.3) is 0 Å². The molecular weight excluding hydrogens is 356 g/mol. The van der Waals surface area contributed by atoms with Crippen LogP contribution < -0.4 is 0 Å². The number of benzene rings is 2. The Labute approximate surface area is 166 Å². The molecule has 5 heteroatoms. The van der Waals surface area contributed by atoms with Gasteiger partial charge < -0.3 is 14.6 Å². The number of aliphatic hydroxyl groups is 1. The van der Waals surface area contributed by atoms with Crippen LogP contribution in [0.2, 0.25) is 0 Å². The number of hydrogen-bond donors (Lipinski definition) is 1. The molecule has 0 fully saturated rings. The molecule has 0 spiro atoms. The maximum absolute atomic E-state index is 12.6. The number of Topliss-reactive ketones (excluding diaryl/α,β-unsaturated/α-hetero) is 1. The van der Waals surface area contributed by atoms with Gasteiger partial charge in [0, 0.05) is 11.8 Å². The second-order valence-electron chi connectivity index (χ2n) is 7.07. The smallest absolute Gasteiger partial charge is 0.338 e. The third-order valence-corrected chi connectivity index (χ3v) is 4.73. The minimum Gasteiger partial charge on any atom is -0.451 e. The fourth-order valence-electron chi connectivity index (χ4n) is 2.93. The molecule has 150 valence electrons. The highest BCUT2D eigenvalue weighted by atomic mass is 16.5. The number of carbonyl (C=O) groups excluding carboxylic acids is 2. The van der Waals surface area contributed by atoms with E-state index in [0.29, 0.717) is 18.8 Å². The van der Waals surface area contributed by atoms with E-state index in [1.54, 1.807) is 37.3 Å². The summed E-state index contributed by atoms with van der Waals surface area (Å²) in [6, 6.07) is 18.3. The largest absolute Gasteiger partial charge is 0.451 e. The van der Waals surface area contributed by atoms with Crippen molar-refractivity contribution in [2.24, 2.45) is 11.8 Å². The lowest BCUT2D eigenvalue weighted by atomic mass is 9.89. The van der Waals surface area contributed by atoms with Crippen LogP contribution in [0.4, 0.5) is 0 Å². The van der Waals surface area contributed by atoms with E-state index in [9.17, 15) is 14.7 Å². The molecule has 28 heavy (non-hydrogen) atoms. The van der Waals surface area contributed by atoms with Crippen molar-refractivity contribution in [3.63, 3.8) is 0 Å². The van der Waals surface area contributed by atoms with Crippen molar-refractivity contribution < 1.29 is 24.2 Å². The normalized spacial score (nSPS) is 15.3. The molecule has 5 nitrogen and oxygen atoms in total. The Morgan fingerprint density at radius 1 is 0.929 bits per heavy atom. The molecule has 0 aliphatic heterocycles. The summed E-state index contributed by atoms with van der Waals surface area (Å²) >= 11 is 0. The molecule has 0 heterocycles. The molecule has 0 aliphatic rings. The predicted octanol–water partition coefficient (Wildman–Crippen LogP) is 3.65. The third kappa shape index (κ3) is 6.29. The summed E-state index contributed by atoms with van der Waals surface area (Å²) in [6.45, 7) is 5.79. The highest BCUT2D eigenvalue weighted by Crippen LogP contribution is 2.18. The van der Waals surface area contributed by atoms with Gasteiger partial charge in [-0.2, -0.15) is 0 Å². The summed E-state index contributed by atoms with van der Waals surface area (Å²) in [5.74, 6) is -1.78. The Morgan fingerprint density at radius 3 is 2.11 bits per heavy atom. The summed E-state index contributed by atoms with van der Waals surface area (Å²) in [5.41, 5.74) is 1.44. The summed E-state index contributed by atoms with van der Waals surface area (Å²) in [6.07, 6.45) is -1.82. The monoisotopic (exact) mass is 384 g/mol. The van der Waals surface area contributed by atoms with Gasteiger partial charge in [-0.05, 0) is 24.6 Å². The predicted molar refractivity (Wildman–Crippen MR) is 107 cm³/mol. The molecule has 0 saturated heterocycles. The second kappa shape index (κ2) is 10.7. The van der Waals surface area contributed by atoms with Gasteiger partial charge in [0.1, 0.15) is 0 Å². The Kier molecular flexibility index (Phi) is 8.36. The highest BCUT2D eigenvalue weighted by Gasteiger charge is 2.31. The molecule has 0 amide bonds. The van der Waals surface area contributed by atoms with E-state index in [2.05, 4.69) is 0 Å². The molecule has 2 aromatic rings. The second-order valence-corrected chi connectivity index (χ2v) is 7.07. The van der Waals surface area contributed by atoms with Crippen LogP contribution in [-0.4, -0.2) is 35.7 Å². The Hall–Kier alpha value is -2.50. The highest BCUT2D eigenvalue weighted by molar-refractivity contribution is 5.93. The van der Waals surface area contributed by atoms with Crippen molar-refractivity contribution in [2.45, 2.75) is 39.6 Å². The van der Waals surface area contributed by atoms with E-state index in [1.807, 2.05) is 37.3 Å². The van der Waals surface area contributed by atoms with Gasteiger partial charge in [-0.1, -0.05) is 62.4 Å². The van der Waals surface area contributed by atoms with E-state index in [0.717, 1.165) is 5.56 Å². The third-order valence-electron chi connectivity index (χ3n) is 4.73. The number of aliphatic hydroxyl groups excluding tert-OH is 1. The van der Waals surface area contributed by atoms with Crippen LogP contribution in [0.15, 0.2) is 60.7 Å². The van der Waals surface area contributed by atoms with Crippen molar-refractivity contribution in [3.05, 3.63) is 71.8 Å². The molecule has 2 aromatic carbocycles. The molecule has 0 aromatic heterocycles. The SMILES string of the molecule is C[C@H](C(=O)[C@@H](C)OC(=O)c1ccccc1)[C@@H](O)[C@@H](C)COCc1ccccc1. The van der Waals surface area contributed by atoms with Gasteiger partial charge in [0.2, 0.25) is 0 Å². The fourth-order valence-corrected chi connectivity index (χ4v) is 2.93. The molecule has 0 saturated carbocycles. The van der Waals surface area contributed by atoms with E-state index >= 15 is 0 Å². The first-order chi connectivity index (χ1) is 13.4. The molecule has 0 radical (unpaired) electrons. The lowest BCUT2D eigenvalue weighted by Gasteiger charge is -2.26. The number of carbonyl (C=O) groups is 2. The van der Waals surface area contributed by atoms with Gasteiger partial charge >= 0.3 is 5.97 Å². The van der Waals surface area contributed by atoms with Gasteiger partial charge in [0.05, 0.1) is 24.9 Å². The van der Waals surface area contributed by atoms with Crippen LogP contribution in [0.5, 0.6) is 0 Å². The lowest BCUT2D eigenvalue weighted by Crippen LogP contribution is -2.39. The van der Waals surface area contributed by atoms with Crippen molar-refractivity contribution in [3.8, 4) is 0 Å². The number of ether oxygens (including phenoxy) is 2. The number of rotatable bonds is 10. The topological polar surface area (TPSA) is 72.8 Å². The zero-order chi connectivity index (χ0) is 20.5. The fraction of sp³-hybridized carbons (Fsp3) is 0.391. The van der Waals surface area contributed by atoms with Crippen LogP contribution in [0.1, 0.15) is 36.7 Å². The Morgan fingerprint density at radius 2 is 1.50 bits per heavy atom. The van der Waals surface area contributed by atoms with Crippen molar-refractivity contribution >= 4 is 11.8 Å². The molecule has 0 unspecified atom stereocenters. The van der Waals surface area contributed by atoms with E-state index in [-0.39, 0.29) is 11.7 Å². The first-order valence-electron chi connectivity index (χ1n) is 9.49. The standard InChI is InChI=1S/C23H28O5/c1-16(14-27-15-19-10-6-4-7-11-19)21(24)17(2)22(25)18(3)28-23(26)20-12-8-5-9-13-20/h4-13,16-18,21,24H,14-15H2,1-3H3/t16-,17-,18+,21-/m0/s1. The Balaban J connectivity index is 1.82. The van der Waals surface area contributed by atoms with Crippen molar-refractivity contribution in [1.82, 2.24) is 0 Å². The van der Waals surface area contributed by atoms with E-state index in [4.69, 9.17) is 9.47 Å².